The minimum Gasteiger partial charge on any atom is -0.368 e. The van der Waals surface area contributed by atoms with E-state index in [4.69, 9.17) is 4.74 Å². The number of carbonyl (C=O) groups is 2. The Morgan fingerprint density at radius 1 is 1.39 bits per heavy atom. The second kappa shape index (κ2) is 7.04. The number of carbonyl (C=O) groups excluding carboxylic acids is 2. The van der Waals surface area contributed by atoms with Crippen molar-refractivity contribution in [3.63, 3.8) is 0 Å². The number of aryl methyl sites for hydroxylation is 1. The van der Waals surface area contributed by atoms with E-state index in [9.17, 15) is 9.59 Å². The van der Waals surface area contributed by atoms with Gasteiger partial charge >= 0.3 is 0 Å². The summed E-state index contributed by atoms with van der Waals surface area (Å²) in [5, 5.41) is 2.92. The first-order chi connectivity index (χ1) is 11.1. The molecular weight excluding hydrogens is 296 g/mol. The number of rotatable bonds is 4. The average molecular weight is 318 g/mol. The van der Waals surface area contributed by atoms with Crippen LogP contribution in [0, 0.1) is 6.92 Å². The Balaban J connectivity index is 1.59. The molecule has 7 heteroatoms. The van der Waals surface area contributed by atoms with E-state index in [1.807, 2.05) is 0 Å². The van der Waals surface area contributed by atoms with Crippen molar-refractivity contribution in [3.8, 4) is 0 Å². The summed E-state index contributed by atoms with van der Waals surface area (Å²) in [7, 11) is 0. The summed E-state index contributed by atoms with van der Waals surface area (Å²) in [5.41, 5.74) is 0.412. The van der Waals surface area contributed by atoms with Crippen LogP contribution in [0.4, 0.5) is 0 Å². The van der Waals surface area contributed by atoms with Crippen LogP contribution in [0.15, 0.2) is 12.3 Å². The first kappa shape index (κ1) is 15.9. The van der Waals surface area contributed by atoms with Crippen LogP contribution in [-0.4, -0.2) is 58.5 Å². The van der Waals surface area contributed by atoms with Gasteiger partial charge in [-0.05, 0) is 38.7 Å². The lowest BCUT2D eigenvalue weighted by atomic mass is 10.2. The van der Waals surface area contributed by atoms with Crippen LogP contribution in [0.2, 0.25) is 0 Å². The largest absolute Gasteiger partial charge is 0.368 e. The number of amides is 2. The van der Waals surface area contributed by atoms with Crippen molar-refractivity contribution in [1.82, 2.24) is 20.2 Å². The van der Waals surface area contributed by atoms with E-state index in [2.05, 4.69) is 15.3 Å². The fourth-order valence-electron chi connectivity index (χ4n) is 3.15. The fraction of sp³-hybridized carbons (Fsp3) is 0.625. The number of hydrogen-bond acceptors (Lipinski definition) is 5. The van der Waals surface area contributed by atoms with Gasteiger partial charge in [0.25, 0.3) is 5.91 Å². The van der Waals surface area contributed by atoms with Gasteiger partial charge in [0.2, 0.25) is 5.91 Å². The first-order valence-electron chi connectivity index (χ1n) is 8.15. The Labute approximate surface area is 135 Å². The highest BCUT2D eigenvalue weighted by atomic mass is 16.5. The number of nitrogens with zero attached hydrogens (tertiary/aromatic N) is 3. The Morgan fingerprint density at radius 3 is 3.00 bits per heavy atom. The molecule has 1 aromatic rings. The average Bonchev–Trinajstić information content (AvgIpc) is 3.23. The maximum Gasteiger partial charge on any atom is 0.272 e. The van der Waals surface area contributed by atoms with Crippen LogP contribution in [0.25, 0.3) is 0 Å². The molecule has 0 aliphatic carbocycles. The van der Waals surface area contributed by atoms with E-state index < -0.39 is 0 Å². The Bertz CT molecular complexity index is 586. The molecule has 1 N–H and O–H groups in total. The molecule has 2 atom stereocenters. The van der Waals surface area contributed by atoms with E-state index in [1.165, 1.54) is 0 Å². The minimum absolute atomic E-state index is 0.0168. The molecule has 0 bridgehead atoms. The first-order valence-corrected chi connectivity index (χ1v) is 8.15. The SMILES string of the molecule is Cc1nccc(C(=O)N2CCC[C@@H]2CNC(=O)C2CCCO2)n1. The molecular formula is C16H22N4O3. The van der Waals surface area contributed by atoms with Gasteiger partial charge in [-0.25, -0.2) is 9.97 Å². The molecule has 2 fully saturated rings. The Kier molecular flexibility index (Phi) is 4.85. The number of likely N-dealkylation sites (tertiary alicyclic amines) is 1. The van der Waals surface area contributed by atoms with Gasteiger partial charge in [0.15, 0.2) is 0 Å². The summed E-state index contributed by atoms with van der Waals surface area (Å²) in [5.74, 6) is 0.419. The Hall–Kier alpha value is -2.02. The third kappa shape index (κ3) is 3.67. The van der Waals surface area contributed by atoms with Crippen LogP contribution in [-0.2, 0) is 9.53 Å². The number of aromatic nitrogens is 2. The second-order valence-corrected chi connectivity index (χ2v) is 6.03. The van der Waals surface area contributed by atoms with Crippen LogP contribution >= 0.6 is 0 Å². The van der Waals surface area contributed by atoms with E-state index in [0.29, 0.717) is 31.2 Å². The standard InChI is InChI=1S/C16H22N4O3/c1-11-17-7-6-13(19-11)16(22)20-8-2-4-12(20)10-18-15(21)14-5-3-9-23-14/h6-7,12,14H,2-5,8-10H2,1H3,(H,18,21)/t12-,14?/m1/s1. The summed E-state index contributed by atoms with van der Waals surface area (Å²) in [6.45, 7) is 3.58. The molecule has 0 spiro atoms. The zero-order chi connectivity index (χ0) is 16.2. The lowest BCUT2D eigenvalue weighted by molar-refractivity contribution is -0.130. The molecule has 2 aliphatic heterocycles. The van der Waals surface area contributed by atoms with Crippen molar-refractivity contribution in [2.45, 2.75) is 44.8 Å². The zero-order valence-electron chi connectivity index (χ0n) is 13.3. The van der Waals surface area contributed by atoms with Gasteiger partial charge in [-0.3, -0.25) is 9.59 Å². The maximum absolute atomic E-state index is 12.6. The van der Waals surface area contributed by atoms with E-state index in [1.54, 1.807) is 24.1 Å². The molecule has 2 aliphatic rings. The van der Waals surface area contributed by atoms with Crippen LogP contribution in [0.5, 0.6) is 0 Å². The number of hydrogen-bond donors (Lipinski definition) is 1. The van der Waals surface area contributed by atoms with Crippen molar-refractivity contribution in [2.75, 3.05) is 19.7 Å². The normalized spacial score (nSPS) is 24.0. The van der Waals surface area contributed by atoms with Crippen molar-refractivity contribution in [3.05, 3.63) is 23.8 Å². The summed E-state index contributed by atoms with van der Waals surface area (Å²) in [6, 6.07) is 1.65. The van der Waals surface area contributed by atoms with Gasteiger partial charge in [0, 0.05) is 31.9 Å². The van der Waals surface area contributed by atoms with Gasteiger partial charge in [-0.15, -0.1) is 0 Å². The highest BCUT2D eigenvalue weighted by molar-refractivity contribution is 5.92. The highest BCUT2D eigenvalue weighted by Gasteiger charge is 2.31. The fourth-order valence-corrected chi connectivity index (χ4v) is 3.15. The highest BCUT2D eigenvalue weighted by Crippen LogP contribution is 2.19. The minimum atomic E-state index is -0.329. The molecule has 0 radical (unpaired) electrons. The van der Waals surface area contributed by atoms with Crippen LogP contribution in [0.1, 0.15) is 42.0 Å². The summed E-state index contributed by atoms with van der Waals surface area (Å²) < 4.78 is 5.38. The molecule has 23 heavy (non-hydrogen) atoms. The van der Waals surface area contributed by atoms with Gasteiger partial charge < -0.3 is 15.0 Å². The lowest BCUT2D eigenvalue weighted by Crippen LogP contribution is -2.45. The van der Waals surface area contributed by atoms with Crippen molar-refractivity contribution in [2.24, 2.45) is 0 Å². The van der Waals surface area contributed by atoms with Gasteiger partial charge in [0.05, 0.1) is 0 Å². The molecule has 1 unspecified atom stereocenters. The predicted octanol–water partition coefficient (Wildman–Crippen LogP) is 0.685. The molecule has 3 heterocycles. The van der Waals surface area contributed by atoms with Crippen molar-refractivity contribution < 1.29 is 14.3 Å². The van der Waals surface area contributed by atoms with E-state index in [-0.39, 0.29) is 24.0 Å². The monoisotopic (exact) mass is 318 g/mol. The smallest absolute Gasteiger partial charge is 0.272 e. The molecule has 7 nitrogen and oxygen atoms in total. The Morgan fingerprint density at radius 2 is 2.26 bits per heavy atom. The van der Waals surface area contributed by atoms with Gasteiger partial charge in [-0.2, -0.15) is 0 Å². The third-order valence-electron chi connectivity index (χ3n) is 4.37. The maximum atomic E-state index is 12.6. The molecule has 1 aromatic heterocycles. The molecule has 0 saturated carbocycles. The third-order valence-corrected chi connectivity index (χ3v) is 4.37. The summed E-state index contributed by atoms with van der Waals surface area (Å²) in [6.07, 6.45) is 4.81. The zero-order valence-corrected chi connectivity index (χ0v) is 13.3. The molecule has 2 saturated heterocycles. The van der Waals surface area contributed by atoms with E-state index in [0.717, 1.165) is 25.7 Å². The van der Waals surface area contributed by atoms with Gasteiger partial charge in [-0.1, -0.05) is 0 Å². The lowest BCUT2D eigenvalue weighted by Gasteiger charge is -2.25. The summed E-state index contributed by atoms with van der Waals surface area (Å²) >= 11 is 0. The second-order valence-electron chi connectivity index (χ2n) is 6.03. The topological polar surface area (TPSA) is 84.4 Å². The molecule has 124 valence electrons. The number of ether oxygens (including phenoxy) is 1. The van der Waals surface area contributed by atoms with Gasteiger partial charge in [0.1, 0.15) is 17.6 Å². The molecule has 3 rings (SSSR count). The predicted molar refractivity (Wildman–Crippen MR) is 82.8 cm³/mol. The summed E-state index contributed by atoms with van der Waals surface area (Å²) in [4.78, 5) is 34.7. The van der Waals surface area contributed by atoms with Crippen molar-refractivity contribution in [1.29, 1.82) is 0 Å². The van der Waals surface area contributed by atoms with Crippen molar-refractivity contribution >= 4 is 11.8 Å². The van der Waals surface area contributed by atoms with Crippen LogP contribution in [0.3, 0.4) is 0 Å². The number of nitrogens with one attached hydrogen (secondary N) is 1. The quantitative estimate of drug-likeness (QED) is 0.883. The van der Waals surface area contributed by atoms with E-state index >= 15 is 0 Å². The molecule has 2 amide bonds. The molecule has 0 aromatic carbocycles. The van der Waals surface area contributed by atoms with Crippen LogP contribution < -0.4 is 5.32 Å².